The number of hydrogen-bond acceptors (Lipinski definition) is 5. The van der Waals surface area contributed by atoms with Gasteiger partial charge in [-0.2, -0.15) is 4.68 Å². The van der Waals surface area contributed by atoms with Crippen LogP contribution in [0, 0.1) is 5.82 Å². The number of benzene rings is 1. The molecule has 1 N–H and O–H groups in total. The molecule has 7 nitrogen and oxygen atoms in total. The molecule has 0 fully saturated rings. The molecular formula is C13H9BrFN5O2. The number of rotatable bonds is 4. The van der Waals surface area contributed by atoms with Crippen LogP contribution in [-0.4, -0.2) is 26.1 Å². The largest absolute Gasteiger partial charge is 0.444 e. The van der Waals surface area contributed by atoms with Gasteiger partial charge in [-0.1, -0.05) is 0 Å². The average molecular weight is 366 g/mol. The SMILES string of the molecule is O=C(NCc1nnnn1-c1ccc(F)cc1)c1ccc(Br)o1. The molecule has 1 aromatic carbocycles. The van der Waals surface area contributed by atoms with Crippen molar-refractivity contribution in [1.29, 1.82) is 0 Å². The quantitative estimate of drug-likeness (QED) is 0.764. The van der Waals surface area contributed by atoms with Crippen LogP contribution < -0.4 is 5.32 Å². The summed E-state index contributed by atoms with van der Waals surface area (Å²) < 4.78 is 20.0. The number of furan rings is 1. The van der Waals surface area contributed by atoms with Crippen LogP contribution in [0.25, 0.3) is 5.69 Å². The number of nitrogens with zero attached hydrogens (tertiary/aromatic N) is 4. The summed E-state index contributed by atoms with van der Waals surface area (Å²) in [5.41, 5.74) is 0.594. The van der Waals surface area contributed by atoms with Crippen LogP contribution in [0.4, 0.5) is 4.39 Å². The summed E-state index contributed by atoms with van der Waals surface area (Å²) in [7, 11) is 0. The van der Waals surface area contributed by atoms with Gasteiger partial charge in [0.05, 0.1) is 12.2 Å². The molecule has 0 unspecified atom stereocenters. The Kier molecular flexibility index (Phi) is 3.96. The highest BCUT2D eigenvalue weighted by Crippen LogP contribution is 2.14. The van der Waals surface area contributed by atoms with E-state index in [4.69, 9.17) is 4.42 Å². The summed E-state index contributed by atoms with van der Waals surface area (Å²) in [6.07, 6.45) is 0. The van der Waals surface area contributed by atoms with E-state index in [2.05, 4.69) is 36.8 Å². The number of aromatic nitrogens is 4. The molecule has 0 bridgehead atoms. The standard InChI is InChI=1S/C13H9BrFN5O2/c14-11-6-5-10(22-11)13(21)16-7-12-17-18-19-20(12)9-3-1-8(15)2-4-9/h1-6H,7H2,(H,16,21). The molecule has 3 rings (SSSR count). The van der Waals surface area contributed by atoms with E-state index < -0.39 is 0 Å². The topological polar surface area (TPSA) is 85.8 Å². The average Bonchev–Trinajstić information content (AvgIpc) is 3.14. The molecule has 9 heteroatoms. The van der Waals surface area contributed by atoms with Crippen molar-refractivity contribution in [1.82, 2.24) is 25.5 Å². The highest BCUT2D eigenvalue weighted by Gasteiger charge is 2.13. The maximum Gasteiger partial charge on any atom is 0.287 e. The van der Waals surface area contributed by atoms with Gasteiger partial charge in [-0.25, -0.2) is 4.39 Å². The summed E-state index contributed by atoms with van der Waals surface area (Å²) in [4.78, 5) is 11.9. The van der Waals surface area contributed by atoms with Crippen LogP contribution in [-0.2, 0) is 6.54 Å². The van der Waals surface area contributed by atoms with Crippen molar-refractivity contribution in [3.63, 3.8) is 0 Å². The van der Waals surface area contributed by atoms with Crippen molar-refractivity contribution in [2.45, 2.75) is 6.54 Å². The van der Waals surface area contributed by atoms with E-state index in [-0.39, 0.29) is 24.0 Å². The first-order valence-electron chi connectivity index (χ1n) is 6.20. The van der Waals surface area contributed by atoms with E-state index in [0.29, 0.717) is 16.2 Å². The third-order valence-electron chi connectivity index (χ3n) is 2.81. The molecule has 0 atom stereocenters. The molecule has 1 amide bonds. The molecule has 0 aliphatic heterocycles. The summed E-state index contributed by atoms with van der Waals surface area (Å²) >= 11 is 3.12. The highest BCUT2D eigenvalue weighted by atomic mass is 79.9. The minimum atomic E-state index is -0.389. The fraction of sp³-hybridized carbons (Fsp3) is 0.0769. The van der Waals surface area contributed by atoms with Gasteiger partial charge in [0.2, 0.25) is 0 Å². The highest BCUT2D eigenvalue weighted by molar-refractivity contribution is 9.10. The van der Waals surface area contributed by atoms with E-state index in [1.165, 1.54) is 16.8 Å². The van der Waals surface area contributed by atoms with Crippen LogP contribution >= 0.6 is 15.9 Å². The third kappa shape index (κ3) is 3.03. The number of carbonyl (C=O) groups excluding carboxylic acids is 1. The lowest BCUT2D eigenvalue weighted by molar-refractivity contribution is 0.0920. The predicted octanol–water partition coefficient (Wildman–Crippen LogP) is 2.09. The van der Waals surface area contributed by atoms with Gasteiger partial charge >= 0.3 is 0 Å². The van der Waals surface area contributed by atoms with Gasteiger partial charge in [0.15, 0.2) is 16.3 Å². The van der Waals surface area contributed by atoms with E-state index in [1.54, 1.807) is 24.3 Å². The number of hydrogen-bond donors (Lipinski definition) is 1. The van der Waals surface area contributed by atoms with Crippen molar-refractivity contribution in [2.24, 2.45) is 0 Å². The summed E-state index contributed by atoms with van der Waals surface area (Å²) in [6, 6.07) is 8.86. The Hall–Kier alpha value is -2.55. The van der Waals surface area contributed by atoms with Crippen molar-refractivity contribution >= 4 is 21.8 Å². The van der Waals surface area contributed by atoms with Crippen molar-refractivity contribution in [3.8, 4) is 5.69 Å². The predicted molar refractivity (Wildman–Crippen MR) is 76.7 cm³/mol. The summed E-state index contributed by atoms with van der Waals surface area (Å²) in [5.74, 6) is -0.160. The molecule has 22 heavy (non-hydrogen) atoms. The molecule has 0 spiro atoms. The van der Waals surface area contributed by atoms with Crippen LogP contribution in [0.5, 0.6) is 0 Å². The smallest absolute Gasteiger partial charge is 0.287 e. The van der Waals surface area contributed by atoms with Crippen LogP contribution in [0.15, 0.2) is 45.5 Å². The first-order chi connectivity index (χ1) is 10.6. The van der Waals surface area contributed by atoms with Crippen molar-refractivity contribution in [3.05, 3.63) is 58.5 Å². The van der Waals surface area contributed by atoms with Gasteiger partial charge in [0.25, 0.3) is 5.91 Å². The Bertz CT molecular complexity index is 799. The number of tetrazole rings is 1. The molecule has 112 valence electrons. The zero-order valence-electron chi connectivity index (χ0n) is 11.0. The zero-order chi connectivity index (χ0) is 15.5. The number of amides is 1. The second-order valence-electron chi connectivity index (χ2n) is 4.27. The normalized spacial score (nSPS) is 10.6. The summed E-state index contributed by atoms with van der Waals surface area (Å²) in [6.45, 7) is 0.0987. The lowest BCUT2D eigenvalue weighted by atomic mass is 10.3. The molecule has 0 saturated carbocycles. The Morgan fingerprint density at radius 3 is 2.73 bits per heavy atom. The molecule has 0 aliphatic carbocycles. The maximum atomic E-state index is 12.9. The number of nitrogens with one attached hydrogen (secondary N) is 1. The Morgan fingerprint density at radius 1 is 1.27 bits per heavy atom. The Labute approximate surface area is 132 Å². The van der Waals surface area contributed by atoms with E-state index >= 15 is 0 Å². The van der Waals surface area contributed by atoms with Gasteiger partial charge in [-0.15, -0.1) is 5.10 Å². The molecule has 0 aliphatic rings. The molecule has 2 aromatic heterocycles. The van der Waals surface area contributed by atoms with Gasteiger partial charge in [0, 0.05) is 0 Å². The minimum Gasteiger partial charge on any atom is -0.444 e. The second-order valence-corrected chi connectivity index (χ2v) is 5.05. The zero-order valence-corrected chi connectivity index (χ0v) is 12.6. The lowest BCUT2D eigenvalue weighted by Gasteiger charge is -2.05. The second kappa shape index (κ2) is 6.06. The molecule has 3 aromatic rings. The molecule has 0 saturated heterocycles. The van der Waals surface area contributed by atoms with Crippen molar-refractivity contribution in [2.75, 3.05) is 0 Å². The third-order valence-corrected chi connectivity index (χ3v) is 3.24. The first-order valence-corrected chi connectivity index (χ1v) is 6.99. The van der Waals surface area contributed by atoms with Gasteiger partial charge in [0.1, 0.15) is 5.82 Å². The van der Waals surface area contributed by atoms with Crippen molar-refractivity contribution < 1.29 is 13.6 Å². The Balaban J connectivity index is 1.73. The lowest BCUT2D eigenvalue weighted by Crippen LogP contribution is -2.24. The monoisotopic (exact) mass is 365 g/mol. The van der Waals surface area contributed by atoms with Gasteiger partial charge in [-0.05, 0) is 62.8 Å². The number of halogens is 2. The molecule has 0 radical (unpaired) electrons. The Morgan fingerprint density at radius 2 is 2.05 bits per heavy atom. The maximum absolute atomic E-state index is 12.9. The molecule has 2 heterocycles. The van der Waals surface area contributed by atoms with Gasteiger partial charge in [-0.3, -0.25) is 4.79 Å². The minimum absolute atomic E-state index is 0.0987. The molecular weight excluding hydrogens is 357 g/mol. The fourth-order valence-electron chi connectivity index (χ4n) is 1.78. The van der Waals surface area contributed by atoms with Crippen LogP contribution in [0.2, 0.25) is 0 Å². The van der Waals surface area contributed by atoms with E-state index in [1.807, 2.05) is 0 Å². The summed E-state index contributed by atoms with van der Waals surface area (Å²) in [5, 5.41) is 13.9. The van der Waals surface area contributed by atoms with Crippen LogP contribution in [0.1, 0.15) is 16.4 Å². The number of carbonyl (C=O) groups is 1. The van der Waals surface area contributed by atoms with E-state index in [0.717, 1.165) is 0 Å². The first kappa shape index (κ1) is 14.4. The van der Waals surface area contributed by atoms with E-state index in [9.17, 15) is 9.18 Å². The van der Waals surface area contributed by atoms with Gasteiger partial charge < -0.3 is 9.73 Å². The fourth-order valence-corrected chi connectivity index (χ4v) is 2.09. The van der Waals surface area contributed by atoms with Crippen LogP contribution in [0.3, 0.4) is 0 Å².